The van der Waals surface area contributed by atoms with Gasteiger partial charge in [-0.25, -0.2) is 0 Å². The minimum atomic E-state index is -0.0152. The first-order chi connectivity index (χ1) is 26.5. The molecule has 2 fully saturated rings. The van der Waals surface area contributed by atoms with Crippen molar-refractivity contribution >= 4 is 11.8 Å². The van der Waals surface area contributed by atoms with Gasteiger partial charge in [0, 0.05) is 49.9 Å². The third-order valence-electron chi connectivity index (χ3n) is 12.2. The summed E-state index contributed by atoms with van der Waals surface area (Å²) in [7, 11) is 0. The maximum absolute atomic E-state index is 13.0. The fourth-order valence-corrected chi connectivity index (χ4v) is 8.67. The van der Waals surface area contributed by atoms with Crippen LogP contribution in [0.4, 0.5) is 0 Å². The number of nitrogens with one attached hydrogen (secondary N) is 2. The molecule has 6 nitrogen and oxygen atoms in total. The Labute approximate surface area is 324 Å². The Balaban J connectivity index is 0.848. The maximum atomic E-state index is 13.0. The number of piperidine rings is 2. The van der Waals surface area contributed by atoms with Gasteiger partial charge in [0.25, 0.3) is 0 Å². The van der Waals surface area contributed by atoms with Gasteiger partial charge in [0.1, 0.15) is 0 Å². The molecule has 2 aliphatic rings. The van der Waals surface area contributed by atoms with Gasteiger partial charge in [0.05, 0.1) is 0 Å². The van der Waals surface area contributed by atoms with Crippen LogP contribution >= 0.6 is 0 Å². The number of rotatable bonds is 19. The highest BCUT2D eigenvalue weighted by Gasteiger charge is 2.37. The molecule has 0 unspecified atom stereocenters. The number of amides is 2. The first kappa shape index (κ1) is 39.4. The van der Waals surface area contributed by atoms with Crippen LogP contribution in [0.25, 0.3) is 0 Å². The lowest BCUT2D eigenvalue weighted by molar-refractivity contribution is -0.122. The molecule has 4 aromatic rings. The molecule has 2 heterocycles. The van der Waals surface area contributed by atoms with E-state index in [0.29, 0.717) is 25.9 Å². The molecule has 0 bridgehead atoms. The van der Waals surface area contributed by atoms with Crippen LogP contribution < -0.4 is 10.6 Å². The van der Waals surface area contributed by atoms with Crippen molar-refractivity contribution in [1.82, 2.24) is 20.4 Å². The molecule has 54 heavy (non-hydrogen) atoms. The van der Waals surface area contributed by atoms with E-state index in [1.54, 1.807) is 0 Å². The second kappa shape index (κ2) is 20.4. The van der Waals surface area contributed by atoms with E-state index in [-0.39, 0.29) is 22.6 Å². The molecule has 6 rings (SSSR count). The Morgan fingerprint density at radius 1 is 0.444 bits per heavy atom. The summed E-state index contributed by atoms with van der Waals surface area (Å²) in [5, 5.41) is 6.67. The molecule has 0 spiro atoms. The Bertz CT molecular complexity index is 1540. The molecule has 0 aromatic heterocycles. The molecule has 2 N–H and O–H groups in total. The van der Waals surface area contributed by atoms with Gasteiger partial charge in [-0.2, -0.15) is 0 Å². The second-order valence-corrected chi connectivity index (χ2v) is 16.0. The Morgan fingerprint density at radius 2 is 0.759 bits per heavy atom. The van der Waals surface area contributed by atoms with E-state index in [1.165, 1.54) is 22.3 Å². The van der Waals surface area contributed by atoms with Crippen molar-refractivity contribution in [2.45, 2.75) is 101 Å². The number of hydrogen-bond acceptors (Lipinski definition) is 4. The lowest BCUT2D eigenvalue weighted by Gasteiger charge is -2.42. The molecule has 0 saturated carbocycles. The van der Waals surface area contributed by atoms with Gasteiger partial charge >= 0.3 is 0 Å². The van der Waals surface area contributed by atoms with E-state index >= 15 is 0 Å². The van der Waals surface area contributed by atoms with Crippen LogP contribution in [0.5, 0.6) is 0 Å². The highest BCUT2D eigenvalue weighted by molar-refractivity contribution is 5.76. The summed E-state index contributed by atoms with van der Waals surface area (Å²) < 4.78 is 0. The van der Waals surface area contributed by atoms with Gasteiger partial charge in [-0.3, -0.25) is 19.4 Å². The van der Waals surface area contributed by atoms with E-state index in [2.05, 4.69) is 142 Å². The van der Waals surface area contributed by atoms with E-state index < -0.39 is 0 Å². The van der Waals surface area contributed by atoms with Crippen molar-refractivity contribution in [2.24, 2.45) is 0 Å². The van der Waals surface area contributed by atoms with Crippen LogP contribution in [0.1, 0.15) is 99.3 Å². The largest absolute Gasteiger partial charge is 0.355 e. The van der Waals surface area contributed by atoms with Crippen molar-refractivity contribution in [3.8, 4) is 0 Å². The highest BCUT2D eigenvalue weighted by Crippen LogP contribution is 2.37. The monoisotopic (exact) mass is 726 g/mol. The zero-order valence-electron chi connectivity index (χ0n) is 32.4. The molecule has 0 aliphatic carbocycles. The first-order valence-corrected chi connectivity index (χ1v) is 20.7. The summed E-state index contributed by atoms with van der Waals surface area (Å²) in [6, 6.07) is 43.0. The predicted molar refractivity (Wildman–Crippen MR) is 221 cm³/mol. The maximum Gasteiger partial charge on any atom is 0.220 e. The van der Waals surface area contributed by atoms with Crippen molar-refractivity contribution in [3.63, 3.8) is 0 Å². The number of benzene rings is 4. The zero-order valence-corrected chi connectivity index (χ0v) is 32.4. The second-order valence-electron chi connectivity index (χ2n) is 16.0. The first-order valence-electron chi connectivity index (χ1n) is 20.7. The van der Waals surface area contributed by atoms with E-state index in [4.69, 9.17) is 0 Å². The predicted octanol–water partition coefficient (Wildman–Crippen LogP) is 8.81. The fraction of sp³-hybridized carbons (Fsp3) is 0.458. The van der Waals surface area contributed by atoms with Gasteiger partial charge in [-0.05, 0) is 87.0 Å². The van der Waals surface area contributed by atoms with Crippen molar-refractivity contribution in [1.29, 1.82) is 0 Å². The summed E-state index contributed by atoms with van der Waals surface area (Å²) in [6.07, 6.45) is 11.5. The number of carbonyl (C=O) groups excluding carboxylic acids is 2. The van der Waals surface area contributed by atoms with Crippen LogP contribution in [0.2, 0.25) is 0 Å². The normalized spacial score (nSPS) is 17.1. The minimum absolute atomic E-state index is 0.0152. The molecule has 2 saturated heterocycles. The van der Waals surface area contributed by atoms with Crippen LogP contribution in [0.15, 0.2) is 121 Å². The van der Waals surface area contributed by atoms with Crippen LogP contribution in [0, 0.1) is 0 Å². The molecule has 286 valence electrons. The third-order valence-corrected chi connectivity index (χ3v) is 12.2. The van der Waals surface area contributed by atoms with Gasteiger partial charge in [0.2, 0.25) is 11.8 Å². The summed E-state index contributed by atoms with van der Waals surface area (Å²) in [5.74, 6) is 0.340. The van der Waals surface area contributed by atoms with Gasteiger partial charge in [-0.15, -0.1) is 0 Å². The van der Waals surface area contributed by atoms with Crippen molar-refractivity contribution in [3.05, 3.63) is 144 Å². The quantitative estimate of drug-likeness (QED) is 0.0949. The van der Waals surface area contributed by atoms with Crippen molar-refractivity contribution < 1.29 is 9.59 Å². The van der Waals surface area contributed by atoms with Crippen LogP contribution in [0.3, 0.4) is 0 Å². The Hall–Kier alpha value is -4.26. The average Bonchev–Trinajstić information content (AvgIpc) is 3.23. The molecule has 0 atom stereocenters. The zero-order chi connectivity index (χ0) is 37.3. The lowest BCUT2D eigenvalue weighted by atomic mass is 9.72. The molecule has 2 amide bonds. The standard InChI is InChI=1S/C48H62N4O2/c53-45(49-39-47(43-23-13-7-14-24-43)29-33-51(34-30-47)37-41-19-9-5-10-20-41)27-17-3-1-2-4-18-28-46(54)50-40-48(44-25-15-8-16-26-44)31-35-52(36-32-48)38-42-21-11-6-12-22-42/h5-16,19-26H,1-4,17-18,27-40H2,(H,49,53)(H,50,54). The van der Waals surface area contributed by atoms with Gasteiger partial charge in [-0.1, -0.05) is 147 Å². The number of hydrogen-bond donors (Lipinski definition) is 2. The molecule has 0 radical (unpaired) electrons. The highest BCUT2D eigenvalue weighted by atomic mass is 16.2. The Kier molecular flexibility index (Phi) is 14.9. The SMILES string of the molecule is O=C(CCCCCCCCC(=O)NCC1(c2ccccc2)CCN(Cc2ccccc2)CC1)NCC1(c2ccccc2)CCN(Cc2ccccc2)CC1. The topological polar surface area (TPSA) is 64.7 Å². The number of likely N-dealkylation sites (tertiary alicyclic amines) is 2. The summed E-state index contributed by atoms with van der Waals surface area (Å²) in [4.78, 5) is 31.1. The molecule has 2 aliphatic heterocycles. The number of carbonyl (C=O) groups is 2. The summed E-state index contributed by atoms with van der Waals surface area (Å²) in [5.41, 5.74) is 5.37. The minimum Gasteiger partial charge on any atom is -0.355 e. The van der Waals surface area contributed by atoms with E-state index in [9.17, 15) is 9.59 Å². The molecular weight excluding hydrogens is 665 g/mol. The summed E-state index contributed by atoms with van der Waals surface area (Å²) in [6.45, 7) is 7.50. The molecule has 4 aromatic carbocycles. The molecule has 6 heteroatoms. The van der Waals surface area contributed by atoms with E-state index in [0.717, 1.165) is 103 Å². The number of unbranched alkanes of at least 4 members (excludes halogenated alkanes) is 5. The van der Waals surface area contributed by atoms with Crippen LogP contribution in [-0.2, 0) is 33.5 Å². The smallest absolute Gasteiger partial charge is 0.220 e. The third kappa shape index (κ3) is 11.6. The number of nitrogens with zero attached hydrogens (tertiary/aromatic N) is 2. The fourth-order valence-electron chi connectivity index (χ4n) is 8.67. The summed E-state index contributed by atoms with van der Waals surface area (Å²) >= 11 is 0. The van der Waals surface area contributed by atoms with Crippen LogP contribution in [-0.4, -0.2) is 60.9 Å². The van der Waals surface area contributed by atoms with Gasteiger partial charge < -0.3 is 10.6 Å². The van der Waals surface area contributed by atoms with Gasteiger partial charge in [0.15, 0.2) is 0 Å². The Morgan fingerprint density at radius 3 is 1.11 bits per heavy atom. The average molecular weight is 727 g/mol. The molecular formula is C48H62N4O2. The van der Waals surface area contributed by atoms with E-state index in [1.807, 2.05) is 0 Å². The lowest BCUT2D eigenvalue weighted by Crippen LogP contribution is -2.48. The van der Waals surface area contributed by atoms with Crippen molar-refractivity contribution in [2.75, 3.05) is 39.3 Å².